The maximum absolute atomic E-state index is 12.6. The van der Waals surface area contributed by atoms with E-state index in [1.54, 1.807) is 4.68 Å². The van der Waals surface area contributed by atoms with Crippen LogP contribution in [-0.2, 0) is 4.79 Å². The molecule has 150 valence electrons. The Bertz CT molecular complexity index is 977. The van der Waals surface area contributed by atoms with Gasteiger partial charge in [-0.3, -0.25) is 4.79 Å². The molecule has 0 spiro atoms. The zero-order valence-corrected chi connectivity index (χ0v) is 16.5. The van der Waals surface area contributed by atoms with Crippen LogP contribution in [0.5, 0.6) is 0 Å². The van der Waals surface area contributed by atoms with Gasteiger partial charge in [0.05, 0.1) is 17.5 Å². The molecular formula is C17H20N10OS. The van der Waals surface area contributed by atoms with Crippen molar-refractivity contribution in [3.8, 4) is 5.69 Å². The largest absolute Gasteiger partial charge is 0.338 e. The number of hydrogen-bond donors (Lipinski definition) is 0. The third-order valence-corrected chi connectivity index (χ3v) is 5.97. The molecule has 0 unspecified atom stereocenters. The Morgan fingerprint density at radius 3 is 2.52 bits per heavy atom. The fourth-order valence-corrected chi connectivity index (χ4v) is 4.17. The van der Waals surface area contributed by atoms with Gasteiger partial charge in [0.25, 0.3) is 0 Å². The number of para-hydroxylation sites is 1. The summed E-state index contributed by atoms with van der Waals surface area (Å²) in [6, 6.07) is 10.2. The van der Waals surface area contributed by atoms with Gasteiger partial charge in [-0.1, -0.05) is 35.1 Å². The van der Waals surface area contributed by atoms with E-state index >= 15 is 0 Å². The lowest BCUT2D eigenvalue weighted by molar-refractivity contribution is -0.128. The molecule has 1 aromatic carbocycles. The summed E-state index contributed by atoms with van der Waals surface area (Å²) in [5, 5.41) is 24.6. The van der Waals surface area contributed by atoms with Crippen LogP contribution >= 0.6 is 11.8 Å². The quantitative estimate of drug-likeness (QED) is 0.532. The predicted octanol–water partition coefficient (Wildman–Crippen LogP) is 0.425. The Kier molecular flexibility index (Phi) is 4.84. The summed E-state index contributed by atoms with van der Waals surface area (Å²) < 4.78 is 3.56. The number of amides is 1. The first-order valence-electron chi connectivity index (χ1n) is 9.57. The number of aromatic nitrogens is 8. The molecular weight excluding hydrogens is 392 g/mol. The molecule has 29 heavy (non-hydrogen) atoms. The van der Waals surface area contributed by atoms with Crippen LogP contribution in [0, 0.1) is 0 Å². The topological polar surface area (TPSA) is 111 Å². The van der Waals surface area contributed by atoms with Crippen LogP contribution in [0.15, 0.2) is 35.5 Å². The lowest BCUT2D eigenvalue weighted by Crippen LogP contribution is -2.50. The SMILES string of the molecule is O=C(CSc1nnnn1C1CC1)N1CCN(c2nnnn2-c2ccccc2)CC1. The van der Waals surface area contributed by atoms with Crippen LogP contribution in [0.2, 0.25) is 0 Å². The number of carbonyl (C=O) groups is 1. The minimum atomic E-state index is 0.0997. The second-order valence-corrected chi connectivity index (χ2v) is 7.96. The predicted molar refractivity (Wildman–Crippen MR) is 105 cm³/mol. The summed E-state index contributed by atoms with van der Waals surface area (Å²) in [5.74, 6) is 1.14. The molecule has 3 aromatic rings. The third-order valence-electron chi connectivity index (χ3n) is 5.05. The molecule has 1 amide bonds. The van der Waals surface area contributed by atoms with E-state index in [4.69, 9.17) is 0 Å². The van der Waals surface area contributed by atoms with Crippen LogP contribution < -0.4 is 4.90 Å². The van der Waals surface area contributed by atoms with E-state index in [0.717, 1.165) is 23.7 Å². The first-order valence-corrected chi connectivity index (χ1v) is 10.6. The molecule has 5 rings (SSSR count). The van der Waals surface area contributed by atoms with Crippen molar-refractivity contribution in [2.75, 3.05) is 36.8 Å². The van der Waals surface area contributed by atoms with Crippen molar-refractivity contribution in [3.05, 3.63) is 30.3 Å². The van der Waals surface area contributed by atoms with E-state index < -0.39 is 0 Å². The smallest absolute Gasteiger partial charge is 0.250 e. The zero-order chi connectivity index (χ0) is 19.6. The zero-order valence-electron chi connectivity index (χ0n) is 15.7. The van der Waals surface area contributed by atoms with E-state index in [-0.39, 0.29) is 5.91 Å². The van der Waals surface area contributed by atoms with E-state index in [1.165, 1.54) is 11.8 Å². The standard InChI is InChI=1S/C17H20N10OS/c28-15(12-29-17-19-21-23-27(17)14-6-7-14)24-8-10-25(11-9-24)16-18-20-22-26(16)13-4-2-1-3-5-13/h1-5,14H,6-12H2. The van der Waals surface area contributed by atoms with E-state index in [2.05, 4.69) is 36.0 Å². The van der Waals surface area contributed by atoms with Gasteiger partial charge in [0.2, 0.25) is 17.0 Å². The molecule has 12 heteroatoms. The number of rotatable bonds is 6. The summed E-state index contributed by atoms with van der Waals surface area (Å²) in [6.45, 7) is 2.63. The highest BCUT2D eigenvalue weighted by molar-refractivity contribution is 7.99. The van der Waals surface area contributed by atoms with Gasteiger partial charge in [-0.05, 0) is 45.8 Å². The molecule has 0 N–H and O–H groups in total. The Labute approximate surface area is 171 Å². The van der Waals surface area contributed by atoms with Gasteiger partial charge in [-0.15, -0.1) is 5.10 Å². The van der Waals surface area contributed by atoms with Gasteiger partial charge in [0.1, 0.15) is 0 Å². The Hall–Kier alpha value is -3.02. The van der Waals surface area contributed by atoms with Crippen LogP contribution in [0.3, 0.4) is 0 Å². The van der Waals surface area contributed by atoms with Crippen LogP contribution in [0.25, 0.3) is 5.69 Å². The first-order chi connectivity index (χ1) is 14.3. The van der Waals surface area contributed by atoms with Crippen molar-refractivity contribution >= 4 is 23.6 Å². The maximum atomic E-state index is 12.6. The Morgan fingerprint density at radius 1 is 1.00 bits per heavy atom. The Morgan fingerprint density at radius 2 is 1.76 bits per heavy atom. The molecule has 3 heterocycles. The van der Waals surface area contributed by atoms with Crippen LogP contribution in [0.1, 0.15) is 18.9 Å². The van der Waals surface area contributed by atoms with Crippen molar-refractivity contribution in [1.29, 1.82) is 0 Å². The number of piperazine rings is 1. The number of carbonyl (C=O) groups excluding carboxylic acids is 1. The van der Waals surface area contributed by atoms with Crippen molar-refractivity contribution in [2.45, 2.75) is 24.0 Å². The van der Waals surface area contributed by atoms with Gasteiger partial charge >= 0.3 is 0 Å². The first kappa shape index (κ1) is 18.0. The van der Waals surface area contributed by atoms with Gasteiger partial charge in [0.15, 0.2) is 0 Å². The molecule has 11 nitrogen and oxygen atoms in total. The summed E-state index contributed by atoms with van der Waals surface area (Å²) in [6.07, 6.45) is 2.22. The molecule has 2 aromatic heterocycles. The molecule has 1 aliphatic heterocycles. The number of tetrazole rings is 2. The van der Waals surface area contributed by atoms with Gasteiger partial charge < -0.3 is 9.80 Å². The lowest BCUT2D eigenvalue weighted by atomic mass is 10.3. The maximum Gasteiger partial charge on any atom is 0.250 e. The molecule has 2 aliphatic rings. The minimum absolute atomic E-state index is 0.0997. The highest BCUT2D eigenvalue weighted by Gasteiger charge is 2.29. The molecule has 0 atom stereocenters. The number of thioether (sulfide) groups is 1. The second-order valence-electron chi connectivity index (χ2n) is 7.02. The summed E-state index contributed by atoms with van der Waals surface area (Å²) in [7, 11) is 0. The number of nitrogens with zero attached hydrogens (tertiary/aromatic N) is 10. The highest BCUT2D eigenvalue weighted by Crippen LogP contribution is 2.36. The molecule has 0 radical (unpaired) electrons. The molecule has 1 saturated carbocycles. The van der Waals surface area contributed by atoms with Crippen molar-refractivity contribution in [1.82, 2.24) is 45.3 Å². The lowest BCUT2D eigenvalue weighted by Gasteiger charge is -2.34. The molecule has 1 saturated heterocycles. The number of anilines is 1. The fourth-order valence-electron chi connectivity index (χ4n) is 3.32. The Balaban J connectivity index is 1.17. The van der Waals surface area contributed by atoms with E-state index in [0.29, 0.717) is 43.9 Å². The fraction of sp³-hybridized carbons (Fsp3) is 0.471. The normalized spacial score (nSPS) is 17.0. The average Bonchev–Trinajstić information content (AvgIpc) is 3.30. The molecule has 2 fully saturated rings. The summed E-state index contributed by atoms with van der Waals surface area (Å²) >= 11 is 1.41. The molecule has 1 aliphatic carbocycles. The number of hydrogen-bond acceptors (Lipinski definition) is 9. The van der Waals surface area contributed by atoms with Crippen LogP contribution in [-0.4, -0.2) is 83.2 Å². The van der Waals surface area contributed by atoms with Crippen molar-refractivity contribution in [3.63, 3.8) is 0 Å². The summed E-state index contributed by atoms with van der Waals surface area (Å²) in [5.41, 5.74) is 0.913. The van der Waals surface area contributed by atoms with Gasteiger partial charge in [0, 0.05) is 26.2 Å². The second kappa shape index (κ2) is 7.78. The third kappa shape index (κ3) is 3.79. The molecule has 0 bridgehead atoms. The number of benzene rings is 1. The highest BCUT2D eigenvalue weighted by atomic mass is 32.2. The van der Waals surface area contributed by atoms with Crippen molar-refractivity contribution in [2.24, 2.45) is 0 Å². The van der Waals surface area contributed by atoms with Gasteiger partial charge in [-0.25, -0.2) is 4.68 Å². The summed E-state index contributed by atoms with van der Waals surface area (Å²) in [4.78, 5) is 16.6. The van der Waals surface area contributed by atoms with E-state index in [1.807, 2.05) is 39.9 Å². The monoisotopic (exact) mass is 412 g/mol. The minimum Gasteiger partial charge on any atom is -0.338 e. The van der Waals surface area contributed by atoms with Crippen molar-refractivity contribution < 1.29 is 4.79 Å². The van der Waals surface area contributed by atoms with E-state index in [9.17, 15) is 4.79 Å². The van der Waals surface area contributed by atoms with Crippen LogP contribution in [0.4, 0.5) is 5.95 Å². The van der Waals surface area contributed by atoms with Gasteiger partial charge in [-0.2, -0.15) is 4.68 Å². The average molecular weight is 412 g/mol.